The summed E-state index contributed by atoms with van der Waals surface area (Å²) in [6.45, 7) is 0. The minimum Gasteiger partial charge on any atom is -0.232 e. The zero-order chi connectivity index (χ0) is 15.0. The van der Waals surface area contributed by atoms with Gasteiger partial charge in [-0.1, -0.05) is 47.2 Å². The molecule has 0 radical (unpaired) electrons. The zero-order valence-electron chi connectivity index (χ0n) is 11.5. The van der Waals surface area contributed by atoms with Crippen molar-refractivity contribution < 1.29 is 8.42 Å². The lowest BCUT2D eigenvalue weighted by atomic mass is 9.88. The number of nitrogens with zero attached hydrogens (tertiary/aromatic N) is 2. The maximum absolute atomic E-state index is 12.7. The first-order valence-electron chi connectivity index (χ1n) is 6.67. The summed E-state index contributed by atoms with van der Waals surface area (Å²) in [5, 5.41) is 0. The van der Waals surface area contributed by atoms with Gasteiger partial charge in [-0.15, -0.1) is 0 Å². The number of fused-ring (bicyclic) bond motifs is 1. The SMILES string of the molecule is CN(C1CCCc2ccccc21)S(=O)(=O)c1cnc(Cl)s1. The largest absolute Gasteiger partial charge is 0.254 e. The molecular formula is C14H15ClN2O2S2. The van der Waals surface area contributed by atoms with E-state index in [9.17, 15) is 8.42 Å². The highest BCUT2D eigenvalue weighted by atomic mass is 35.5. The number of benzene rings is 1. The Morgan fingerprint density at radius 1 is 1.38 bits per heavy atom. The number of hydrogen-bond acceptors (Lipinski definition) is 4. The van der Waals surface area contributed by atoms with E-state index in [2.05, 4.69) is 11.1 Å². The molecular weight excluding hydrogens is 328 g/mol. The van der Waals surface area contributed by atoms with Gasteiger partial charge in [-0.2, -0.15) is 4.31 Å². The summed E-state index contributed by atoms with van der Waals surface area (Å²) in [5.74, 6) is 0. The summed E-state index contributed by atoms with van der Waals surface area (Å²) < 4.78 is 27.3. The van der Waals surface area contributed by atoms with Crippen molar-refractivity contribution in [3.8, 4) is 0 Å². The molecule has 1 atom stereocenters. The van der Waals surface area contributed by atoms with Crippen LogP contribution in [-0.2, 0) is 16.4 Å². The molecule has 1 aliphatic rings. The van der Waals surface area contributed by atoms with Crippen molar-refractivity contribution >= 4 is 33.0 Å². The lowest BCUT2D eigenvalue weighted by molar-refractivity contribution is 0.338. The molecule has 1 unspecified atom stereocenters. The summed E-state index contributed by atoms with van der Waals surface area (Å²) in [6, 6.07) is 7.93. The van der Waals surface area contributed by atoms with Crippen LogP contribution >= 0.6 is 22.9 Å². The average molecular weight is 343 g/mol. The third-order valence-electron chi connectivity index (χ3n) is 3.87. The van der Waals surface area contributed by atoms with E-state index in [-0.39, 0.29) is 14.7 Å². The van der Waals surface area contributed by atoms with Crippen molar-refractivity contribution in [2.45, 2.75) is 29.5 Å². The van der Waals surface area contributed by atoms with Crippen LogP contribution < -0.4 is 0 Å². The van der Waals surface area contributed by atoms with Gasteiger partial charge < -0.3 is 0 Å². The number of aromatic nitrogens is 1. The number of hydrogen-bond donors (Lipinski definition) is 0. The molecule has 2 aromatic rings. The van der Waals surface area contributed by atoms with E-state index < -0.39 is 10.0 Å². The lowest BCUT2D eigenvalue weighted by Gasteiger charge is -2.32. The van der Waals surface area contributed by atoms with Crippen LogP contribution in [0.1, 0.15) is 30.0 Å². The summed E-state index contributed by atoms with van der Waals surface area (Å²) >= 11 is 6.76. The molecule has 1 aromatic heterocycles. The normalized spacial score (nSPS) is 18.7. The lowest BCUT2D eigenvalue weighted by Crippen LogP contribution is -2.33. The van der Waals surface area contributed by atoms with Crippen LogP contribution in [0.2, 0.25) is 4.47 Å². The van der Waals surface area contributed by atoms with E-state index >= 15 is 0 Å². The van der Waals surface area contributed by atoms with Gasteiger partial charge in [-0.05, 0) is 30.4 Å². The van der Waals surface area contributed by atoms with Crippen molar-refractivity contribution in [3.63, 3.8) is 0 Å². The van der Waals surface area contributed by atoms with E-state index in [1.54, 1.807) is 7.05 Å². The third kappa shape index (κ3) is 2.73. The van der Waals surface area contributed by atoms with E-state index in [1.807, 2.05) is 18.2 Å². The molecule has 1 heterocycles. The van der Waals surface area contributed by atoms with Crippen molar-refractivity contribution in [1.82, 2.24) is 9.29 Å². The minimum atomic E-state index is -3.56. The van der Waals surface area contributed by atoms with Gasteiger partial charge in [-0.3, -0.25) is 0 Å². The summed E-state index contributed by atoms with van der Waals surface area (Å²) in [4.78, 5) is 3.83. The van der Waals surface area contributed by atoms with Gasteiger partial charge in [0.2, 0.25) is 0 Å². The van der Waals surface area contributed by atoms with Gasteiger partial charge >= 0.3 is 0 Å². The van der Waals surface area contributed by atoms with E-state index in [0.717, 1.165) is 36.2 Å². The van der Waals surface area contributed by atoms with Gasteiger partial charge in [0.05, 0.1) is 12.2 Å². The van der Waals surface area contributed by atoms with Crippen LogP contribution in [0.5, 0.6) is 0 Å². The molecule has 0 fully saturated rings. The Balaban J connectivity index is 1.98. The monoisotopic (exact) mass is 342 g/mol. The highest BCUT2D eigenvalue weighted by Crippen LogP contribution is 2.37. The number of aryl methyl sites for hydroxylation is 1. The van der Waals surface area contributed by atoms with Gasteiger partial charge in [0.15, 0.2) is 8.68 Å². The van der Waals surface area contributed by atoms with Gasteiger partial charge in [0.25, 0.3) is 10.0 Å². The van der Waals surface area contributed by atoms with Gasteiger partial charge in [-0.25, -0.2) is 13.4 Å². The van der Waals surface area contributed by atoms with Crippen LogP contribution in [0.15, 0.2) is 34.7 Å². The maximum atomic E-state index is 12.7. The first-order valence-corrected chi connectivity index (χ1v) is 9.31. The smallest absolute Gasteiger partial charge is 0.232 e. The standard InChI is InChI=1S/C14H15ClN2O2S2/c1-17(21(18,19)13-9-16-14(15)20-13)12-8-4-6-10-5-2-3-7-11(10)12/h2-3,5,7,9,12H,4,6,8H2,1H3. The number of halogens is 1. The maximum Gasteiger partial charge on any atom is 0.254 e. The topological polar surface area (TPSA) is 50.3 Å². The van der Waals surface area contributed by atoms with Crippen molar-refractivity contribution in [1.29, 1.82) is 0 Å². The molecule has 0 bridgehead atoms. The van der Waals surface area contributed by atoms with Crippen LogP contribution in [0.3, 0.4) is 0 Å². The number of sulfonamides is 1. The average Bonchev–Trinajstić information content (AvgIpc) is 2.93. The van der Waals surface area contributed by atoms with Gasteiger partial charge in [0, 0.05) is 7.05 Å². The van der Waals surface area contributed by atoms with E-state index in [4.69, 9.17) is 11.6 Å². The summed E-state index contributed by atoms with van der Waals surface area (Å²) in [6.07, 6.45) is 4.16. The molecule has 0 saturated carbocycles. The fourth-order valence-corrected chi connectivity index (χ4v) is 5.62. The second-order valence-electron chi connectivity index (χ2n) is 5.06. The second-order valence-corrected chi connectivity index (χ2v) is 8.90. The van der Waals surface area contributed by atoms with Crippen molar-refractivity contribution in [2.75, 3.05) is 7.05 Å². The molecule has 3 rings (SSSR count). The fourth-order valence-electron chi connectivity index (χ4n) is 2.77. The Morgan fingerprint density at radius 3 is 2.86 bits per heavy atom. The Labute approximate surface area is 133 Å². The Kier molecular flexibility index (Phi) is 4.05. The molecule has 0 amide bonds. The molecule has 1 aliphatic carbocycles. The highest BCUT2D eigenvalue weighted by Gasteiger charge is 2.33. The highest BCUT2D eigenvalue weighted by molar-refractivity contribution is 7.91. The summed E-state index contributed by atoms with van der Waals surface area (Å²) in [5.41, 5.74) is 2.34. The molecule has 0 spiro atoms. The predicted molar refractivity (Wildman–Crippen MR) is 84.2 cm³/mol. The van der Waals surface area contributed by atoms with Crippen molar-refractivity contribution in [3.05, 3.63) is 46.1 Å². The number of rotatable bonds is 3. The van der Waals surface area contributed by atoms with Crippen molar-refractivity contribution in [2.24, 2.45) is 0 Å². The Hall–Kier alpha value is -0.950. The van der Waals surface area contributed by atoms with Gasteiger partial charge in [0.1, 0.15) is 0 Å². The minimum absolute atomic E-state index is 0.124. The molecule has 4 nitrogen and oxygen atoms in total. The fraction of sp³-hybridized carbons (Fsp3) is 0.357. The molecule has 1 aromatic carbocycles. The van der Waals surface area contributed by atoms with Crippen LogP contribution in [0.25, 0.3) is 0 Å². The van der Waals surface area contributed by atoms with Crippen LogP contribution in [-0.4, -0.2) is 24.8 Å². The zero-order valence-corrected chi connectivity index (χ0v) is 13.9. The van der Waals surface area contributed by atoms with Crippen LogP contribution in [0.4, 0.5) is 0 Å². The molecule has 21 heavy (non-hydrogen) atoms. The predicted octanol–water partition coefficient (Wildman–Crippen LogP) is 3.49. The summed E-state index contributed by atoms with van der Waals surface area (Å²) in [7, 11) is -1.92. The molecule has 7 heteroatoms. The first-order chi connectivity index (χ1) is 10.00. The Morgan fingerprint density at radius 2 is 2.14 bits per heavy atom. The second kappa shape index (κ2) is 5.68. The molecule has 112 valence electrons. The van der Waals surface area contributed by atoms with E-state index in [0.29, 0.717) is 0 Å². The number of thiazole rings is 1. The first kappa shape index (κ1) is 15.0. The molecule has 0 N–H and O–H groups in total. The van der Waals surface area contributed by atoms with Crippen LogP contribution in [0, 0.1) is 0 Å². The van der Waals surface area contributed by atoms with E-state index in [1.165, 1.54) is 16.1 Å². The third-order valence-corrected chi connectivity index (χ3v) is 7.28. The molecule has 0 aliphatic heterocycles. The quantitative estimate of drug-likeness (QED) is 0.857. The Bertz CT molecular complexity index is 758. The molecule has 0 saturated heterocycles.